The minimum atomic E-state index is -0.0349. The van der Waals surface area contributed by atoms with E-state index in [1.165, 1.54) is 0 Å². The second-order valence-electron chi connectivity index (χ2n) is 7.82. The van der Waals surface area contributed by atoms with Crippen LogP contribution in [0.25, 0.3) is 21.8 Å². The lowest BCUT2D eigenvalue weighted by molar-refractivity contribution is -0.116. The van der Waals surface area contributed by atoms with Crippen LogP contribution in [0.5, 0.6) is 5.75 Å². The van der Waals surface area contributed by atoms with E-state index in [1.54, 1.807) is 11.3 Å². The Morgan fingerprint density at radius 2 is 1.79 bits per heavy atom. The maximum atomic E-state index is 12.4. The number of carbonyl (C=O) groups excluding carboxylic acids is 1. The lowest BCUT2D eigenvalue weighted by Gasteiger charge is -2.12. The minimum absolute atomic E-state index is 0.0349. The van der Waals surface area contributed by atoms with Crippen molar-refractivity contribution < 1.29 is 9.53 Å². The highest BCUT2D eigenvalue weighted by atomic mass is 35.5. The van der Waals surface area contributed by atoms with Crippen molar-refractivity contribution in [1.29, 1.82) is 0 Å². The molecule has 4 aromatic rings. The van der Waals surface area contributed by atoms with Gasteiger partial charge in [-0.1, -0.05) is 60.1 Å². The van der Waals surface area contributed by atoms with Crippen LogP contribution in [0.15, 0.2) is 72.1 Å². The highest BCUT2D eigenvalue weighted by Gasteiger charge is 2.11. The van der Waals surface area contributed by atoms with Crippen molar-refractivity contribution in [3.63, 3.8) is 0 Å². The number of aromatic nitrogens is 1. The van der Waals surface area contributed by atoms with Crippen LogP contribution in [-0.4, -0.2) is 17.5 Å². The molecule has 0 spiro atoms. The summed E-state index contributed by atoms with van der Waals surface area (Å²) in [7, 11) is 0. The standard InChI is InChI=1S/C27H25ClN2O2S/c1-18-8-5-9-19(2)26(18)32-15-7-14-25(31)29-21-11-6-10-20(16-21)24-17-33-27(30-24)22-12-3-4-13-23(22)28/h3-6,8-13,16-17H,7,14-15H2,1-2H3,(H,29,31). The highest BCUT2D eigenvalue weighted by molar-refractivity contribution is 7.13. The van der Waals surface area contributed by atoms with Crippen LogP contribution in [0.4, 0.5) is 5.69 Å². The van der Waals surface area contributed by atoms with Crippen molar-refractivity contribution in [1.82, 2.24) is 4.98 Å². The number of benzene rings is 3. The molecule has 1 N–H and O–H groups in total. The van der Waals surface area contributed by atoms with Crippen LogP contribution in [0.2, 0.25) is 5.02 Å². The van der Waals surface area contributed by atoms with Gasteiger partial charge in [0.15, 0.2) is 0 Å². The first-order valence-electron chi connectivity index (χ1n) is 10.8. The van der Waals surface area contributed by atoms with Gasteiger partial charge < -0.3 is 10.1 Å². The second kappa shape index (κ2) is 10.6. The Kier molecular flexibility index (Phi) is 7.43. The molecule has 0 aliphatic rings. The number of para-hydroxylation sites is 1. The molecule has 0 radical (unpaired) electrons. The van der Waals surface area contributed by atoms with Crippen molar-refractivity contribution in [3.8, 4) is 27.6 Å². The number of aryl methyl sites for hydroxylation is 2. The van der Waals surface area contributed by atoms with Crippen molar-refractivity contribution >= 4 is 34.5 Å². The quantitative estimate of drug-likeness (QED) is 0.267. The molecule has 0 bridgehead atoms. The molecule has 0 aliphatic heterocycles. The zero-order chi connectivity index (χ0) is 23.2. The van der Waals surface area contributed by atoms with E-state index in [2.05, 4.69) is 5.32 Å². The Balaban J connectivity index is 1.34. The van der Waals surface area contributed by atoms with Crippen LogP contribution in [0.3, 0.4) is 0 Å². The summed E-state index contributed by atoms with van der Waals surface area (Å²) in [6, 6.07) is 21.5. The number of halogens is 1. The Morgan fingerprint density at radius 3 is 2.58 bits per heavy atom. The van der Waals surface area contributed by atoms with Crippen LogP contribution in [0, 0.1) is 13.8 Å². The Hall–Kier alpha value is -3.15. The number of hydrogen-bond donors (Lipinski definition) is 1. The Labute approximate surface area is 203 Å². The van der Waals surface area contributed by atoms with Crippen LogP contribution in [-0.2, 0) is 4.79 Å². The lowest BCUT2D eigenvalue weighted by Crippen LogP contribution is -2.13. The van der Waals surface area contributed by atoms with Gasteiger partial charge in [-0.2, -0.15) is 0 Å². The van der Waals surface area contributed by atoms with E-state index in [4.69, 9.17) is 21.3 Å². The van der Waals surface area contributed by atoms with Crippen molar-refractivity contribution in [2.75, 3.05) is 11.9 Å². The molecule has 6 heteroatoms. The zero-order valence-electron chi connectivity index (χ0n) is 18.6. The van der Waals surface area contributed by atoms with Gasteiger partial charge in [0.05, 0.1) is 17.3 Å². The molecule has 0 unspecified atom stereocenters. The fourth-order valence-electron chi connectivity index (χ4n) is 3.58. The number of nitrogens with one attached hydrogen (secondary N) is 1. The van der Waals surface area contributed by atoms with Crippen LogP contribution < -0.4 is 10.1 Å². The van der Waals surface area contributed by atoms with E-state index in [-0.39, 0.29) is 5.91 Å². The maximum absolute atomic E-state index is 12.4. The molecule has 4 nitrogen and oxygen atoms in total. The minimum Gasteiger partial charge on any atom is -0.493 e. The second-order valence-corrected chi connectivity index (χ2v) is 9.08. The molecule has 0 aliphatic carbocycles. The number of thiazole rings is 1. The third kappa shape index (κ3) is 5.81. The molecular weight excluding hydrogens is 452 g/mol. The first kappa shape index (κ1) is 23.0. The smallest absolute Gasteiger partial charge is 0.224 e. The molecule has 0 saturated carbocycles. The number of ether oxygens (including phenoxy) is 1. The predicted molar refractivity (Wildman–Crippen MR) is 137 cm³/mol. The molecule has 33 heavy (non-hydrogen) atoms. The predicted octanol–water partition coefficient (Wildman–Crippen LogP) is 7.55. The third-order valence-electron chi connectivity index (χ3n) is 5.25. The molecule has 0 atom stereocenters. The molecule has 1 heterocycles. The van der Waals surface area contributed by atoms with Gasteiger partial charge in [0, 0.05) is 28.6 Å². The van der Waals surface area contributed by atoms with Crippen molar-refractivity contribution in [3.05, 3.63) is 88.3 Å². The van der Waals surface area contributed by atoms with E-state index < -0.39 is 0 Å². The summed E-state index contributed by atoms with van der Waals surface area (Å²) in [4.78, 5) is 17.2. The van der Waals surface area contributed by atoms with E-state index in [0.717, 1.165) is 44.4 Å². The summed E-state index contributed by atoms with van der Waals surface area (Å²) < 4.78 is 5.90. The zero-order valence-corrected chi connectivity index (χ0v) is 20.2. The maximum Gasteiger partial charge on any atom is 0.224 e. The third-order valence-corrected chi connectivity index (χ3v) is 6.46. The van der Waals surface area contributed by atoms with E-state index in [9.17, 15) is 4.79 Å². The van der Waals surface area contributed by atoms with Gasteiger partial charge in [-0.25, -0.2) is 4.98 Å². The van der Waals surface area contributed by atoms with Gasteiger partial charge in [0.2, 0.25) is 5.91 Å². The molecule has 0 fully saturated rings. The topological polar surface area (TPSA) is 51.2 Å². The summed E-state index contributed by atoms with van der Waals surface area (Å²) >= 11 is 7.86. The first-order valence-corrected chi connectivity index (χ1v) is 12.1. The van der Waals surface area contributed by atoms with Gasteiger partial charge in [-0.15, -0.1) is 11.3 Å². The summed E-state index contributed by atoms with van der Waals surface area (Å²) in [5, 5.41) is 6.54. The van der Waals surface area contributed by atoms with Gasteiger partial charge in [0.1, 0.15) is 10.8 Å². The monoisotopic (exact) mass is 476 g/mol. The number of rotatable bonds is 8. The average Bonchev–Trinajstić information content (AvgIpc) is 3.29. The fourth-order valence-corrected chi connectivity index (χ4v) is 4.73. The van der Waals surface area contributed by atoms with Crippen LogP contribution in [0.1, 0.15) is 24.0 Å². The Bertz CT molecular complexity index is 1250. The van der Waals surface area contributed by atoms with Gasteiger partial charge >= 0.3 is 0 Å². The van der Waals surface area contributed by atoms with Gasteiger partial charge in [0.25, 0.3) is 0 Å². The molecule has 0 saturated heterocycles. The first-order chi connectivity index (χ1) is 16.0. The highest BCUT2D eigenvalue weighted by Crippen LogP contribution is 2.33. The summed E-state index contributed by atoms with van der Waals surface area (Å²) in [5.74, 6) is 0.873. The largest absolute Gasteiger partial charge is 0.493 e. The lowest BCUT2D eigenvalue weighted by atomic mass is 10.1. The van der Waals surface area contributed by atoms with E-state index in [1.807, 2.05) is 86.0 Å². The molecule has 1 aromatic heterocycles. The average molecular weight is 477 g/mol. The van der Waals surface area contributed by atoms with E-state index in [0.29, 0.717) is 24.5 Å². The van der Waals surface area contributed by atoms with Crippen molar-refractivity contribution in [2.45, 2.75) is 26.7 Å². The number of carbonyl (C=O) groups is 1. The van der Waals surface area contributed by atoms with E-state index >= 15 is 0 Å². The number of hydrogen-bond acceptors (Lipinski definition) is 4. The normalized spacial score (nSPS) is 10.8. The number of anilines is 1. The molecule has 4 rings (SSSR count). The summed E-state index contributed by atoms with van der Waals surface area (Å²) in [6.45, 7) is 4.56. The van der Waals surface area contributed by atoms with Gasteiger partial charge in [-0.05, 0) is 49.6 Å². The summed E-state index contributed by atoms with van der Waals surface area (Å²) in [6.07, 6.45) is 1.04. The van der Waals surface area contributed by atoms with Gasteiger partial charge in [-0.3, -0.25) is 4.79 Å². The van der Waals surface area contributed by atoms with Crippen LogP contribution >= 0.6 is 22.9 Å². The summed E-state index contributed by atoms with van der Waals surface area (Å²) in [5.41, 5.74) is 5.68. The van der Waals surface area contributed by atoms with Crippen molar-refractivity contribution in [2.24, 2.45) is 0 Å². The fraction of sp³-hybridized carbons (Fsp3) is 0.185. The SMILES string of the molecule is Cc1cccc(C)c1OCCCC(=O)Nc1cccc(-c2csc(-c3ccccc3Cl)n2)c1. The number of nitrogens with zero attached hydrogens (tertiary/aromatic N) is 1. The Morgan fingerprint density at radius 1 is 1.03 bits per heavy atom. The molecule has 168 valence electrons. The number of amides is 1. The molecule has 3 aromatic carbocycles. The molecule has 1 amide bonds. The molecular formula is C27H25ClN2O2S.